The van der Waals surface area contributed by atoms with Crippen LogP contribution in [0.15, 0.2) is 0 Å². The maximum absolute atomic E-state index is 11.5. The molecule has 82 valence electrons. The molecule has 1 heterocycles. The van der Waals surface area contributed by atoms with Gasteiger partial charge in [-0.15, -0.1) is 0 Å². The third-order valence-electron chi connectivity index (χ3n) is 3.50. The molecule has 0 aliphatic carbocycles. The van der Waals surface area contributed by atoms with E-state index in [0.717, 1.165) is 13.0 Å². The second-order valence-electron chi connectivity index (χ2n) is 4.84. The molecule has 2 atom stereocenters. The summed E-state index contributed by atoms with van der Waals surface area (Å²) in [6, 6.07) is 0.727. The standard InChI is InChI=1S/C12H23NO/c1-9(2)10(3)13-8-6-5-7-12(13)11(4)14/h9-10,12H,5-8H2,1-4H3. The number of likely N-dealkylation sites (tertiary alicyclic amines) is 1. The Balaban J connectivity index is 2.67. The first kappa shape index (κ1) is 11.7. The zero-order valence-electron chi connectivity index (χ0n) is 9.92. The first-order valence-corrected chi connectivity index (χ1v) is 5.80. The van der Waals surface area contributed by atoms with Gasteiger partial charge >= 0.3 is 0 Å². The van der Waals surface area contributed by atoms with Crippen molar-refractivity contribution >= 4 is 5.78 Å². The fourth-order valence-electron chi connectivity index (χ4n) is 2.26. The fourth-order valence-corrected chi connectivity index (χ4v) is 2.26. The number of Topliss-reactive ketones (excluding diaryl/α,β-unsaturated/α-hetero) is 1. The van der Waals surface area contributed by atoms with Crippen LogP contribution < -0.4 is 0 Å². The van der Waals surface area contributed by atoms with Gasteiger partial charge in [-0.2, -0.15) is 0 Å². The predicted octanol–water partition coefficient (Wildman–Crippen LogP) is 2.47. The monoisotopic (exact) mass is 197 g/mol. The topological polar surface area (TPSA) is 20.3 Å². The van der Waals surface area contributed by atoms with Crippen LogP contribution in [0.3, 0.4) is 0 Å². The summed E-state index contributed by atoms with van der Waals surface area (Å²) in [5, 5.41) is 0. The lowest BCUT2D eigenvalue weighted by Gasteiger charge is -2.40. The molecule has 1 saturated heterocycles. The third kappa shape index (κ3) is 2.57. The van der Waals surface area contributed by atoms with Gasteiger partial charge in [0, 0.05) is 6.04 Å². The SMILES string of the molecule is CC(=O)C1CCCCN1C(C)C(C)C. The molecule has 1 fully saturated rings. The summed E-state index contributed by atoms with van der Waals surface area (Å²) in [6.45, 7) is 9.54. The van der Waals surface area contributed by atoms with E-state index in [1.54, 1.807) is 6.92 Å². The summed E-state index contributed by atoms with van der Waals surface area (Å²) in [7, 11) is 0. The van der Waals surface area contributed by atoms with Crippen molar-refractivity contribution in [3.05, 3.63) is 0 Å². The van der Waals surface area contributed by atoms with Crippen LogP contribution in [0, 0.1) is 5.92 Å². The minimum Gasteiger partial charge on any atom is -0.298 e. The van der Waals surface area contributed by atoms with Gasteiger partial charge in [-0.1, -0.05) is 20.3 Å². The Labute approximate surface area is 87.7 Å². The van der Waals surface area contributed by atoms with Gasteiger partial charge in [-0.3, -0.25) is 9.69 Å². The molecule has 0 aromatic rings. The van der Waals surface area contributed by atoms with Gasteiger partial charge in [0.25, 0.3) is 0 Å². The number of hydrogen-bond donors (Lipinski definition) is 0. The lowest BCUT2D eigenvalue weighted by atomic mass is 9.94. The quantitative estimate of drug-likeness (QED) is 0.692. The van der Waals surface area contributed by atoms with Crippen molar-refractivity contribution in [3.8, 4) is 0 Å². The molecule has 0 saturated carbocycles. The van der Waals surface area contributed by atoms with Gasteiger partial charge < -0.3 is 0 Å². The Kier molecular flexibility index (Phi) is 4.11. The van der Waals surface area contributed by atoms with E-state index in [9.17, 15) is 4.79 Å². The summed E-state index contributed by atoms with van der Waals surface area (Å²) in [5.74, 6) is 0.979. The van der Waals surface area contributed by atoms with Gasteiger partial charge in [0.1, 0.15) is 5.78 Å². The Morgan fingerprint density at radius 2 is 1.93 bits per heavy atom. The summed E-state index contributed by atoms with van der Waals surface area (Å²) in [4.78, 5) is 13.9. The molecule has 1 rings (SSSR count). The normalized spacial score (nSPS) is 26.5. The molecule has 0 radical (unpaired) electrons. The first-order chi connectivity index (χ1) is 6.54. The molecule has 2 heteroatoms. The van der Waals surface area contributed by atoms with Gasteiger partial charge in [0.2, 0.25) is 0 Å². The molecule has 1 aliphatic rings. The van der Waals surface area contributed by atoms with E-state index in [0.29, 0.717) is 17.7 Å². The summed E-state index contributed by atoms with van der Waals surface area (Å²) < 4.78 is 0. The highest BCUT2D eigenvalue weighted by molar-refractivity contribution is 5.81. The number of ketones is 1. The number of nitrogens with zero attached hydrogens (tertiary/aromatic N) is 1. The molecule has 0 N–H and O–H groups in total. The van der Waals surface area contributed by atoms with Crippen LogP contribution in [0.2, 0.25) is 0 Å². The van der Waals surface area contributed by atoms with Crippen molar-refractivity contribution in [1.29, 1.82) is 0 Å². The lowest BCUT2D eigenvalue weighted by Crippen LogP contribution is -2.50. The zero-order valence-corrected chi connectivity index (χ0v) is 9.92. The Morgan fingerprint density at radius 3 is 2.43 bits per heavy atom. The van der Waals surface area contributed by atoms with E-state index in [-0.39, 0.29) is 6.04 Å². The third-order valence-corrected chi connectivity index (χ3v) is 3.50. The number of carbonyl (C=O) groups excluding carboxylic acids is 1. The lowest BCUT2D eigenvalue weighted by molar-refractivity contribution is -0.124. The largest absolute Gasteiger partial charge is 0.298 e. The molecule has 14 heavy (non-hydrogen) atoms. The fraction of sp³-hybridized carbons (Fsp3) is 0.917. The Bertz CT molecular complexity index is 200. The average Bonchev–Trinajstić information content (AvgIpc) is 2.16. The number of carbonyl (C=O) groups is 1. The average molecular weight is 197 g/mol. The molecule has 0 aromatic heterocycles. The Hall–Kier alpha value is -0.370. The van der Waals surface area contributed by atoms with Crippen LogP contribution in [0.4, 0.5) is 0 Å². The Morgan fingerprint density at radius 1 is 1.29 bits per heavy atom. The van der Waals surface area contributed by atoms with Crippen LogP contribution in [-0.4, -0.2) is 29.3 Å². The molecule has 0 spiro atoms. The number of piperidine rings is 1. The van der Waals surface area contributed by atoms with Crippen molar-refractivity contribution in [2.24, 2.45) is 5.92 Å². The molecule has 2 unspecified atom stereocenters. The van der Waals surface area contributed by atoms with Gasteiger partial charge in [-0.05, 0) is 39.2 Å². The van der Waals surface area contributed by atoms with Crippen molar-refractivity contribution in [2.45, 2.75) is 59.0 Å². The van der Waals surface area contributed by atoms with Gasteiger partial charge in [0.15, 0.2) is 0 Å². The number of rotatable bonds is 3. The molecule has 2 nitrogen and oxygen atoms in total. The molecular formula is C12H23NO. The van der Waals surface area contributed by atoms with E-state index in [4.69, 9.17) is 0 Å². The van der Waals surface area contributed by atoms with Crippen LogP contribution in [0.1, 0.15) is 47.0 Å². The van der Waals surface area contributed by atoms with Crippen LogP contribution in [0.25, 0.3) is 0 Å². The predicted molar refractivity (Wildman–Crippen MR) is 59.3 cm³/mol. The summed E-state index contributed by atoms with van der Waals surface area (Å²) >= 11 is 0. The first-order valence-electron chi connectivity index (χ1n) is 5.80. The molecule has 0 amide bonds. The van der Waals surface area contributed by atoms with E-state index in [2.05, 4.69) is 25.7 Å². The van der Waals surface area contributed by atoms with Gasteiger partial charge in [0.05, 0.1) is 6.04 Å². The minimum atomic E-state index is 0.196. The molecule has 0 bridgehead atoms. The second-order valence-corrected chi connectivity index (χ2v) is 4.84. The van der Waals surface area contributed by atoms with Crippen molar-refractivity contribution in [2.75, 3.05) is 6.54 Å². The van der Waals surface area contributed by atoms with E-state index < -0.39 is 0 Å². The van der Waals surface area contributed by atoms with Crippen molar-refractivity contribution in [3.63, 3.8) is 0 Å². The second kappa shape index (κ2) is 4.92. The van der Waals surface area contributed by atoms with Crippen LogP contribution in [0.5, 0.6) is 0 Å². The van der Waals surface area contributed by atoms with Gasteiger partial charge in [-0.25, -0.2) is 0 Å². The van der Waals surface area contributed by atoms with E-state index >= 15 is 0 Å². The number of hydrogen-bond acceptors (Lipinski definition) is 2. The molecule has 0 aromatic carbocycles. The maximum atomic E-state index is 11.5. The summed E-state index contributed by atoms with van der Waals surface area (Å²) in [6.07, 6.45) is 3.53. The zero-order chi connectivity index (χ0) is 10.7. The highest BCUT2D eigenvalue weighted by atomic mass is 16.1. The van der Waals surface area contributed by atoms with Crippen molar-refractivity contribution in [1.82, 2.24) is 4.90 Å². The smallest absolute Gasteiger partial charge is 0.146 e. The maximum Gasteiger partial charge on any atom is 0.146 e. The molecular weight excluding hydrogens is 174 g/mol. The van der Waals surface area contributed by atoms with Crippen molar-refractivity contribution < 1.29 is 4.79 Å². The van der Waals surface area contributed by atoms with E-state index in [1.165, 1.54) is 12.8 Å². The van der Waals surface area contributed by atoms with E-state index in [1.807, 2.05) is 0 Å². The van der Waals surface area contributed by atoms with Crippen LogP contribution >= 0.6 is 0 Å². The highest BCUT2D eigenvalue weighted by Crippen LogP contribution is 2.23. The minimum absolute atomic E-state index is 0.196. The summed E-state index contributed by atoms with van der Waals surface area (Å²) in [5.41, 5.74) is 0. The molecule has 1 aliphatic heterocycles. The highest BCUT2D eigenvalue weighted by Gasteiger charge is 2.30. The van der Waals surface area contributed by atoms with Crippen LogP contribution in [-0.2, 0) is 4.79 Å².